The molecule has 0 saturated carbocycles. The van der Waals surface area contributed by atoms with Gasteiger partial charge in [-0.3, -0.25) is 4.98 Å². The van der Waals surface area contributed by atoms with Crippen LogP contribution in [0, 0.1) is 20.8 Å². The minimum atomic E-state index is 0.0602. The molecule has 0 aliphatic carbocycles. The van der Waals surface area contributed by atoms with Gasteiger partial charge in [-0.25, -0.2) is 4.98 Å². The summed E-state index contributed by atoms with van der Waals surface area (Å²) in [5, 5.41) is 4.69. The van der Waals surface area contributed by atoms with Gasteiger partial charge in [-0.15, -0.1) is 0 Å². The van der Waals surface area contributed by atoms with Crippen molar-refractivity contribution in [2.45, 2.75) is 47.0 Å². The lowest BCUT2D eigenvalue weighted by atomic mass is 9.81. The van der Waals surface area contributed by atoms with Gasteiger partial charge in [0.15, 0.2) is 0 Å². The van der Waals surface area contributed by atoms with E-state index < -0.39 is 0 Å². The number of aryl methyl sites for hydroxylation is 3. The molecule has 3 nitrogen and oxygen atoms in total. The second-order valence-corrected chi connectivity index (χ2v) is 10.9. The van der Waals surface area contributed by atoms with Crippen LogP contribution in [0.3, 0.4) is 0 Å². The van der Waals surface area contributed by atoms with Crippen molar-refractivity contribution in [3.05, 3.63) is 95.3 Å². The van der Waals surface area contributed by atoms with Crippen molar-refractivity contribution in [3.8, 4) is 22.4 Å². The summed E-state index contributed by atoms with van der Waals surface area (Å²) >= 11 is 0. The van der Waals surface area contributed by atoms with E-state index in [-0.39, 0.29) is 5.41 Å². The van der Waals surface area contributed by atoms with E-state index >= 15 is 0 Å². The van der Waals surface area contributed by atoms with Crippen molar-refractivity contribution in [1.82, 2.24) is 9.97 Å². The van der Waals surface area contributed by atoms with Crippen LogP contribution in [0.1, 0.15) is 43.2 Å². The highest BCUT2D eigenvalue weighted by molar-refractivity contribution is 6.08. The van der Waals surface area contributed by atoms with Gasteiger partial charge in [-0.05, 0) is 83.5 Å². The van der Waals surface area contributed by atoms with Crippen LogP contribution in [0.2, 0.25) is 0 Å². The first-order valence-corrected chi connectivity index (χ1v) is 12.5. The highest BCUT2D eigenvalue weighted by atomic mass is 16.3. The summed E-state index contributed by atoms with van der Waals surface area (Å²) in [7, 11) is 0. The number of hydrogen-bond donors (Lipinski definition) is 0. The largest absolute Gasteiger partial charge is 0.437 e. The zero-order valence-electron chi connectivity index (χ0n) is 21.7. The van der Waals surface area contributed by atoms with E-state index in [2.05, 4.69) is 100 Å². The molecule has 0 aliphatic heterocycles. The molecule has 3 aromatic heterocycles. The Morgan fingerprint density at radius 3 is 2.22 bits per heavy atom. The Kier molecular flexibility index (Phi) is 5.01. The van der Waals surface area contributed by atoms with Crippen LogP contribution >= 0.6 is 0 Å². The molecule has 0 aliphatic rings. The third-order valence-electron chi connectivity index (χ3n) is 7.12. The first-order chi connectivity index (χ1) is 17.2. The molecular weight excluding hydrogens is 440 g/mol. The molecule has 0 radical (unpaired) electrons. The molecule has 0 spiro atoms. The summed E-state index contributed by atoms with van der Waals surface area (Å²) in [5.74, 6) is 0. The zero-order valence-corrected chi connectivity index (χ0v) is 21.7. The van der Waals surface area contributed by atoms with E-state index in [0.29, 0.717) is 5.71 Å². The fourth-order valence-corrected chi connectivity index (χ4v) is 5.32. The molecule has 0 atom stereocenters. The molecule has 0 N–H and O–H groups in total. The second kappa shape index (κ2) is 8.03. The van der Waals surface area contributed by atoms with Crippen molar-refractivity contribution in [2.24, 2.45) is 0 Å². The minimum absolute atomic E-state index is 0.0602. The molecule has 0 saturated heterocycles. The van der Waals surface area contributed by atoms with E-state index in [9.17, 15) is 0 Å². The predicted molar refractivity (Wildman–Crippen MR) is 151 cm³/mol. The summed E-state index contributed by atoms with van der Waals surface area (Å²) in [6.45, 7) is 13.2. The maximum Gasteiger partial charge on any atom is 0.227 e. The van der Waals surface area contributed by atoms with E-state index in [1.165, 1.54) is 33.0 Å². The lowest BCUT2D eigenvalue weighted by Gasteiger charge is -2.23. The number of aromatic nitrogens is 2. The van der Waals surface area contributed by atoms with Crippen molar-refractivity contribution in [3.63, 3.8) is 0 Å². The topological polar surface area (TPSA) is 38.9 Å². The van der Waals surface area contributed by atoms with E-state index in [4.69, 9.17) is 9.40 Å². The SMILES string of the molecule is Cc1cc(C(C)(C)C)c2cccc(-c3cc(-c4cccc5c4oc4nc(C)ccc45)ncc3C)c2c1. The molecule has 0 unspecified atom stereocenters. The van der Waals surface area contributed by atoms with Gasteiger partial charge >= 0.3 is 0 Å². The molecule has 3 heterocycles. The lowest BCUT2D eigenvalue weighted by molar-refractivity contribution is 0.595. The van der Waals surface area contributed by atoms with Crippen LogP contribution in [-0.2, 0) is 5.41 Å². The summed E-state index contributed by atoms with van der Waals surface area (Å²) in [4.78, 5) is 9.46. The van der Waals surface area contributed by atoms with Gasteiger partial charge < -0.3 is 4.42 Å². The van der Waals surface area contributed by atoms with Gasteiger partial charge in [0.05, 0.1) is 5.69 Å². The Morgan fingerprint density at radius 2 is 1.44 bits per heavy atom. The Labute approximate surface area is 211 Å². The number of para-hydroxylation sites is 1. The van der Waals surface area contributed by atoms with Crippen LogP contribution in [0.5, 0.6) is 0 Å². The van der Waals surface area contributed by atoms with Crippen LogP contribution < -0.4 is 0 Å². The summed E-state index contributed by atoms with van der Waals surface area (Å²) < 4.78 is 6.28. The maximum atomic E-state index is 6.28. The van der Waals surface area contributed by atoms with Gasteiger partial charge in [0, 0.05) is 28.2 Å². The monoisotopic (exact) mass is 470 g/mol. The third kappa shape index (κ3) is 3.58. The van der Waals surface area contributed by atoms with Crippen LogP contribution in [0.15, 0.2) is 77.3 Å². The van der Waals surface area contributed by atoms with E-state index in [0.717, 1.165) is 38.9 Å². The van der Waals surface area contributed by atoms with Crippen LogP contribution in [0.4, 0.5) is 0 Å². The molecule has 6 rings (SSSR count). The van der Waals surface area contributed by atoms with Crippen LogP contribution in [0.25, 0.3) is 55.2 Å². The standard InChI is InChI=1S/C33H30N2O/c1-19-15-28-22(9-7-10-23(28)29(16-19)33(4,5)6)27-17-30(34-18-20(27)2)26-12-8-11-24-25-14-13-21(3)35-32(25)36-31(24)26/h7-18H,1-6H3. The Morgan fingerprint density at radius 1 is 0.694 bits per heavy atom. The fraction of sp³-hybridized carbons (Fsp3) is 0.212. The number of nitrogens with zero attached hydrogens (tertiary/aromatic N) is 2. The number of benzene rings is 3. The number of fused-ring (bicyclic) bond motifs is 4. The van der Waals surface area contributed by atoms with Crippen molar-refractivity contribution >= 4 is 32.8 Å². The van der Waals surface area contributed by atoms with Gasteiger partial charge in [0.1, 0.15) is 5.58 Å². The molecule has 178 valence electrons. The first-order valence-electron chi connectivity index (χ1n) is 12.5. The average molecular weight is 471 g/mol. The van der Waals surface area contributed by atoms with Gasteiger partial charge in [-0.2, -0.15) is 0 Å². The molecule has 0 fully saturated rings. The maximum absolute atomic E-state index is 6.28. The number of furan rings is 1. The zero-order chi connectivity index (χ0) is 25.2. The summed E-state index contributed by atoms with van der Waals surface area (Å²) in [6, 6.07) is 23.9. The Bertz CT molecular complexity index is 1800. The minimum Gasteiger partial charge on any atom is -0.437 e. The van der Waals surface area contributed by atoms with Crippen molar-refractivity contribution < 1.29 is 4.42 Å². The molecule has 3 aromatic carbocycles. The molecule has 6 aromatic rings. The van der Waals surface area contributed by atoms with E-state index in [1.807, 2.05) is 19.2 Å². The van der Waals surface area contributed by atoms with E-state index in [1.54, 1.807) is 0 Å². The lowest BCUT2D eigenvalue weighted by Crippen LogP contribution is -2.12. The summed E-state index contributed by atoms with van der Waals surface area (Å²) in [6.07, 6.45) is 1.98. The average Bonchev–Trinajstić information content (AvgIpc) is 3.21. The van der Waals surface area contributed by atoms with Crippen molar-refractivity contribution in [2.75, 3.05) is 0 Å². The van der Waals surface area contributed by atoms with Crippen LogP contribution in [-0.4, -0.2) is 9.97 Å². The highest BCUT2D eigenvalue weighted by Crippen LogP contribution is 2.40. The Balaban J connectivity index is 1.60. The molecule has 0 bridgehead atoms. The molecule has 3 heteroatoms. The normalized spacial score (nSPS) is 12.2. The number of pyridine rings is 2. The second-order valence-electron chi connectivity index (χ2n) is 10.9. The van der Waals surface area contributed by atoms with Crippen molar-refractivity contribution in [1.29, 1.82) is 0 Å². The molecule has 36 heavy (non-hydrogen) atoms. The predicted octanol–water partition coefficient (Wildman–Crippen LogP) is 9.09. The smallest absolute Gasteiger partial charge is 0.227 e. The Hall–Kier alpha value is -3.98. The molecule has 0 amide bonds. The van der Waals surface area contributed by atoms with Gasteiger partial charge in [-0.1, -0.05) is 68.8 Å². The first kappa shape index (κ1) is 22.5. The molecular formula is C33H30N2O. The van der Waals surface area contributed by atoms with Gasteiger partial charge in [0.25, 0.3) is 0 Å². The van der Waals surface area contributed by atoms with Gasteiger partial charge in [0.2, 0.25) is 5.71 Å². The summed E-state index contributed by atoms with van der Waals surface area (Å²) in [5.41, 5.74) is 10.6. The number of hydrogen-bond acceptors (Lipinski definition) is 3. The third-order valence-corrected chi connectivity index (χ3v) is 7.12. The number of rotatable bonds is 2. The fourth-order valence-electron chi connectivity index (χ4n) is 5.32. The highest BCUT2D eigenvalue weighted by Gasteiger charge is 2.20. The quantitative estimate of drug-likeness (QED) is 0.253.